The Hall–Kier alpha value is -1.62. The number of methoxy groups -OCH3 is 1. The van der Waals surface area contributed by atoms with Crippen LogP contribution in [0, 0.1) is 5.82 Å². The predicted octanol–water partition coefficient (Wildman–Crippen LogP) is 1.90. The quantitative estimate of drug-likeness (QED) is 0.826. The van der Waals surface area contributed by atoms with E-state index in [1.54, 1.807) is 0 Å². The molecule has 0 spiro atoms. The van der Waals surface area contributed by atoms with E-state index < -0.39 is 11.9 Å². The number of halogens is 1. The number of rotatable bonds is 5. The van der Waals surface area contributed by atoms with Crippen molar-refractivity contribution in [2.45, 2.75) is 25.8 Å². The summed E-state index contributed by atoms with van der Waals surface area (Å²) in [6, 6.07) is 3.35. The third-order valence-electron chi connectivity index (χ3n) is 2.36. The summed E-state index contributed by atoms with van der Waals surface area (Å²) < 4.78 is 17.9. The van der Waals surface area contributed by atoms with E-state index in [9.17, 15) is 9.18 Å². The molecule has 3 N–H and O–H groups in total. The molecule has 0 saturated heterocycles. The Morgan fingerprint density at radius 1 is 1.59 bits per heavy atom. The molecule has 0 aliphatic carbocycles. The lowest BCUT2D eigenvalue weighted by atomic mass is 10.1. The minimum Gasteiger partial charge on any atom is -0.494 e. The van der Waals surface area contributed by atoms with Gasteiger partial charge in [0.15, 0.2) is 0 Å². The molecule has 0 radical (unpaired) electrons. The van der Waals surface area contributed by atoms with Crippen molar-refractivity contribution in [2.75, 3.05) is 12.4 Å². The molecule has 0 aliphatic heterocycles. The molecule has 0 fully saturated rings. The standard InChI is InChI=1S/C12H17FN2O2/c1-3-4-9(14)12(16)15-10-6-5-8(13)7-11(10)17-2/h5-7,9H,3-4,14H2,1-2H3,(H,15,16). The maximum atomic E-state index is 12.9. The van der Waals surface area contributed by atoms with Gasteiger partial charge in [0.25, 0.3) is 0 Å². The van der Waals surface area contributed by atoms with Gasteiger partial charge in [-0.05, 0) is 18.6 Å². The van der Waals surface area contributed by atoms with Gasteiger partial charge in [-0.3, -0.25) is 4.79 Å². The third kappa shape index (κ3) is 3.71. The summed E-state index contributed by atoms with van der Waals surface area (Å²) in [6.45, 7) is 1.95. The zero-order valence-electron chi connectivity index (χ0n) is 10.00. The van der Waals surface area contributed by atoms with E-state index in [1.165, 1.54) is 25.3 Å². The van der Waals surface area contributed by atoms with Gasteiger partial charge >= 0.3 is 0 Å². The van der Waals surface area contributed by atoms with Gasteiger partial charge in [0.2, 0.25) is 5.91 Å². The monoisotopic (exact) mass is 240 g/mol. The Morgan fingerprint density at radius 3 is 2.88 bits per heavy atom. The average molecular weight is 240 g/mol. The van der Waals surface area contributed by atoms with Crippen LogP contribution in [0.5, 0.6) is 5.75 Å². The maximum Gasteiger partial charge on any atom is 0.241 e. The fourth-order valence-electron chi connectivity index (χ4n) is 1.44. The molecule has 4 nitrogen and oxygen atoms in total. The van der Waals surface area contributed by atoms with E-state index in [0.29, 0.717) is 12.1 Å². The average Bonchev–Trinajstić information content (AvgIpc) is 2.31. The minimum absolute atomic E-state index is 0.280. The van der Waals surface area contributed by atoms with Gasteiger partial charge in [-0.25, -0.2) is 4.39 Å². The number of anilines is 1. The number of hydrogen-bond donors (Lipinski definition) is 2. The van der Waals surface area contributed by atoms with E-state index in [2.05, 4.69) is 5.32 Å². The van der Waals surface area contributed by atoms with Crippen LogP contribution >= 0.6 is 0 Å². The molecule has 1 atom stereocenters. The van der Waals surface area contributed by atoms with Crippen LogP contribution in [0.25, 0.3) is 0 Å². The molecule has 0 aliphatic rings. The molecule has 94 valence electrons. The van der Waals surface area contributed by atoms with E-state index >= 15 is 0 Å². The van der Waals surface area contributed by atoms with Crippen molar-refractivity contribution >= 4 is 11.6 Å². The van der Waals surface area contributed by atoms with Crippen LogP contribution in [0.1, 0.15) is 19.8 Å². The minimum atomic E-state index is -0.560. The zero-order valence-corrected chi connectivity index (χ0v) is 10.00. The predicted molar refractivity (Wildman–Crippen MR) is 64.5 cm³/mol. The van der Waals surface area contributed by atoms with Crippen LogP contribution in [-0.4, -0.2) is 19.1 Å². The summed E-state index contributed by atoms with van der Waals surface area (Å²) in [5, 5.41) is 2.62. The highest BCUT2D eigenvalue weighted by molar-refractivity contribution is 5.95. The van der Waals surface area contributed by atoms with Crippen molar-refractivity contribution in [1.29, 1.82) is 0 Å². The normalized spacial score (nSPS) is 12.0. The Morgan fingerprint density at radius 2 is 2.29 bits per heavy atom. The number of amides is 1. The van der Waals surface area contributed by atoms with Crippen molar-refractivity contribution in [1.82, 2.24) is 0 Å². The fraction of sp³-hybridized carbons (Fsp3) is 0.417. The van der Waals surface area contributed by atoms with Gasteiger partial charge in [-0.2, -0.15) is 0 Å². The lowest BCUT2D eigenvalue weighted by Crippen LogP contribution is -2.35. The highest BCUT2D eigenvalue weighted by Crippen LogP contribution is 2.25. The van der Waals surface area contributed by atoms with Gasteiger partial charge in [0, 0.05) is 6.07 Å². The Labute approximate surface area is 100.0 Å². The number of ether oxygens (including phenoxy) is 1. The molecule has 17 heavy (non-hydrogen) atoms. The summed E-state index contributed by atoms with van der Waals surface area (Å²) in [7, 11) is 1.41. The summed E-state index contributed by atoms with van der Waals surface area (Å²) >= 11 is 0. The largest absolute Gasteiger partial charge is 0.494 e. The molecule has 1 aromatic rings. The third-order valence-corrected chi connectivity index (χ3v) is 2.36. The summed E-state index contributed by atoms with van der Waals surface area (Å²) in [5.41, 5.74) is 6.09. The molecule has 0 saturated carbocycles. The molecule has 1 aromatic carbocycles. The first-order valence-electron chi connectivity index (χ1n) is 5.48. The number of nitrogens with two attached hydrogens (primary N) is 1. The lowest BCUT2D eigenvalue weighted by molar-refractivity contribution is -0.117. The number of hydrogen-bond acceptors (Lipinski definition) is 3. The first-order valence-corrected chi connectivity index (χ1v) is 5.48. The van der Waals surface area contributed by atoms with Crippen molar-refractivity contribution in [2.24, 2.45) is 5.73 Å². The molecule has 1 amide bonds. The van der Waals surface area contributed by atoms with Crippen molar-refractivity contribution in [3.8, 4) is 5.75 Å². The van der Waals surface area contributed by atoms with Crippen LogP contribution in [0.3, 0.4) is 0 Å². The molecule has 1 unspecified atom stereocenters. The topological polar surface area (TPSA) is 64.4 Å². The van der Waals surface area contributed by atoms with Crippen LogP contribution in [-0.2, 0) is 4.79 Å². The molecular formula is C12H17FN2O2. The second-order valence-electron chi connectivity index (χ2n) is 3.73. The molecule has 0 aromatic heterocycles. The van der Waals surface area contributed by atoms with E-state index in [4.69, 9.17) is 10.5 Å². The molecule has 5 heteroatoms. The SMILES string of the molecule is CCCC(N)C(=O)Nc1ccc(F)cc1OC. The first-order chi connectivity index (χ1) is 8.08. The van der Waals surface area contributed by atoms with Gasteiger partial charge in [0.05, 0.1) is 18.8 Å². The number of carbonyl (C=O) groups is 1. The Kier molecular flexibility index (Phi) is 4.90. The summed E-state index contributed by atoms with van der Waals surface area (Å²) in [6.07, 6.45) is 1.44. The van der Waals surface area contributed by atoms with Gasteiger partial charge in [0.1, 0.15) is 11.6 Å². The molecular weight excluding hydrogens is 223 g/mol. The van der Waals surface area contributed by atoms with Gasteiger partial charge in [-0.15, -0.1) is 0 Å². The van der Waals surface area contributed by atoms with E-state index in [0.717, 1.165) is 6.42 Å². The Bertz CT molecular complexity index is 396. The van der Waals surface area contributed by atoms with Crippen LogP contribution in [0.15, 0.2) is 18.2 Å². The smallest absolute Gasteiger partial charge is 0.241 e. The van der Waals surface area contributed by atoms with Crippen LogP contribution in [0.4, 0.5) is 10.1 Å². The van der Waals surface area contributed by atoms with Crippen LogP contribution in [0.2, 0.25) is 0 Å². The summed E-state index contributed by atoms with van der Waals surface area (Å²) in [4.78, 5) is 11.7. The van der Waals surface area contributed by atoms with Gasteiger partial charge in [-0.1, -0.05) is 13.3 Å². The highest BCUT2D eigenvalue weighted by atomic mass is 19.1. The number of carbonyl (C=O) groups excluding carboxylic acids is 1. The molecule has 0 heterocycles. The molecule has 1 rings (SSSR count). The second kappa shape index (κ2) is 6.20. The summed E-state index contributed by atoms with van der Waals surface area (Å²) in [5.74, 6) is -0.434. The highest BCUT2D eigenvalue weighted by Gasteiger charge is 2.14. The lowest BCUT2D eigenvalue weighted by Gasteiger charge is -2.13. The van der Waals surface area contributed by atoms with Crippen molar-refractivity contribution in [3.05, 3.63) is 24.0 Å². The fourth-order valence-corrected chi connectivity index (χ4v) is 1.44. The van der Waals surface area contributed by atoms with Crippen LogP contribution < -0.4 is 15.8 Å². The first kappa shape index (κ1) is 13.4. The Balaban J connectivity index is 2.77. The maximum absolute atomic E-state index is 12.9. The van der Waals surface area contributed by atoms with Crippen molar-refractivity contribution < 1.29 is 13.9 Å². The number of benzene rings is 1. The van der Waals surface area contributed by atoms with Gasteiger partial charge < -0.3 is 15.8 Å². The second-order valence-corrected chi connectivity index (χ2v) is 3.73. The van der Waals surface area contributed by atoms with Crippen molar-refractivity contribution in [3.63, 3.8) is 0 Å². The molecule has 0 bridgehead atoms. The zero-order chi connectivity index (χ0) is 12.8. The number of nitrogens with one attached hydrogen (secondary N) is 1. The van der Waals surface area contributed by atoms with E-state index in [-0.39, 0.29) is 11.7 Å². The van der Waals surface area contributed by atoms with E-state index in [1.807, 2.05) is 6.92 Å².